The molecule has 2 nitrogen and oxygen atoms in total. The molecular weight excluding hydrogens is 220 g/mol. The molecule has 2 heteroatoms. The lowest BCUT2D eigenvalue weighted by Crippen LogP contribution is -2.67. The second-order valence-corrected chi connectivity index (χ2v) is 6.59. The van der Waals surface area contributed by atoms with Crippen molar-refractivity contribution in [3.05, 3.63) is 35.9 Å². The van der Waals surface area contributed by atoms with E-state index in [0.717, 1.165) is 13.1 Å². The van der Waals surface area contributed by atoms with Gasteiger partial charge in [0.05, 0.1) is 5.54 Å². The van der Waals surface area contributed by atoms with Crippen molar-refractivity contribution in [2.24, 2.45) is 0 Å². The van der Waals surface area contributed by atoms with Gasteiger partial charge in [0.2, 0.25) is 0 Å². The average molecular weight is 246 g/mol. The second kappa shape index (κ2) is 4.67. The smallest absolute Gasteiger partial charge is 0.0535 e. The van der Waals surface area contributed by atoms with Crippen LogP contribution in [0.2, 0.25) is 0 Å². The highest BCUT2D eigenvalue weighted by molar-refractivity contribution is 5.25. The van der Waals surface area contributed by atoms with Crippen LogP contribution in [0.3, 0.4) is 0 Å². The Balaban J connectivity index is 2.27. The molecule has 1 saturated heterocycles. The number of hydrogen-bond donors (Lipinski definition) is 1. The van der Waals surface area contributed by atoms with Crippen molar-refractivity contribution in [3.63, 3.8) is 0 Å². The molecule has 1 aromatic carbocycles. The molecule has 1 unspecified atom stereocenters. The zero-order valence-corrected chi connectivity index (χ0v) is 12.3. The molecule has 0 bridgehead atoms. The fourth-order valence-corrected chi connectivity index (χ4v) is 3.00. The van der Waals surface area contributed by atoms with Gasteiger partial charge in [0.1, 0.15) is 0 Å². The van der Waals surface area contributed by atoms with Gasteiger partial charge in [0.25, 0.3) is 0 Å². The quantitative estimate of drug-likeness (QED) is 0.863. The molecule has 0 radical (unpaired) electrons. The lowest BCUT2D eigenvalue weighted by Gasteiger charge is -2.52. The monoisotopic (exact) mass is 246 g/mol. The van der Waals surface area contributed by atoms with Crippen molar-refractivity contribution >= 4 is 0 Å². The van der Waals surface area contributed by atoms with E-state index in [1.54, 1.807) is 0 Å². The minimum atomic E-state index is 0.0566. The number of nitrogens with zero attached hydrogens (tertiary/aromatic N) is 1. The van der Waals surface area contributed by atoms with Crippen molar-refractivity contribution in [1.29, 1.82) is 0 Å². The Morgan fingerprint density at radius 1 is 1.11 bits per heavy atom. The van der Waals surface area contributed by atoms with E-state index in [0.29, 0.717) is 6.04 Å². The lowest BCUT2D eigenvalue weighted by molar-refractivity contribution is 0.00692. The normalized spacial score (nSPS) is 28.6. The standard InChI is InChI=1S/C16H26N2/c1-13(2)18-12-16(5,17-11-15(18,3)4)14-9-7-6-8-10-14/h6-10,13,17H,11-12H2,1-5H3. The second-order valence-electron chi connectivity index (χ2n) is 6.59. The number of rotatable bonds is 2. The van der Waals surface area contributed by atoms with Gasteiger partial charge >= 0.3 is 0 Å². The molecule has 0 spiro atoms. The van der Waals surface area contributed by atoms with Gasteiger partial charge in [0, 0.05) is 24.7 Å². The topological polar surface area (TPSA) is 15.3 Å². The molecule has 1 aliphatic rings. The molecule has 2 rings (SSSR count). The number of hydrogen-bond acceptors (Lipinski definition) is 2. The van der Waals surface area contributed by atoms with E-state index in [2.05, 4.69) is 75.2 Å². The fraction of sp³-hybridized carbons (Fsp3) is 0.625. The van der Waals surface area contributed by atoms with E-state index in [1.165, 1.54) is 5.56 Å². The molecule has 1 heterocycles. The van der Waals surface area contributed by atoms with Crippen LogP contribution in [-0.4, -0.2) is 29.6 Å². The minimum absolute atomic E-state index is 0.0566. The summed E-state index contributed by atoms with van der Waals surface area (Å²) in [7, 11) is 0. The van der Waals surface area contributed by atoms with Crippen LogP contribution in [0, 0.1) is 0 Å². The molecule has 1 aromatic rings. The van der Waals surface area contributed by atoms with E-state index in [-0.39, 0.29) is 11.1 Å². The van der Waals surface area contributed by atoms with E-state index >= 15 is 0 Å². The van der Waals surface area contributed by atoms with Crippen LogP contribution in [0.4, 0.5) is 0 Å². The predicted octanol–water partition coefficient (Wildman–Crippen LogP) is 2.99. The molecule has 1 fully saturated rings. The highest BCUT2D eigenvalue weighted by Crippen LogP contribution is 2.31. The van der Waals surface area contributed by atoms with Gasteiger partial charge in [-0.25, -0.2) is 0 Å². The Morgan fingerprint density at radius 2 is 1.72 bits per heavy atom. The Morgan fingerprint density at radius 3 is 2.28 bits per heavy atom. The number of benzene rings is 1. The maximum absolute atomic E-state index is 3.75. The predicted molar refractivity (Wildman–Crippen MR) is 77.7 cm³/mol. The van der Waals surface area contributed by atoms with Gasteiger partial charge < -0.3 is 5.32 Å². The molecule has 0 aliphatic carbocycles. The Kier molecular flexibility index (Phi) is 3.52. The third kappa shape index (κ3) is 2.45. The summed E-state index contributed by atoms with van der Waals surface area (Å²) < 4.78 is 0. The van der Waals surface area contributed by atoms with Crippen molar-refractivity contribution in [2.75, 3.05) is 13.1 Å². The summed E-state index contributed by atoms with van der Waals surface area (Å²) in [5.41, 5.74) is 1.66. The van der Waals surface area contributed by atoms with Crippen molar-refractivity contribution in [1.82, 2.24) is 10.2 Å². The highest BCUT2D eigenvalue weighted by atomic mass is 15.3. The first-order valence-electron chi connectivity index (χ1n) is 6.92. The molecular formula is C16H26N2. The van der Waals surface area contributed by atoms with Crippen molar-refractivity contribution < 1.29 is 0 Å². The maximum atomic E-state index is 3.75. The van der Waals surface area contributed by atoms with E-state index in [9.17, 15) is 0 Å². The number of nitrogens with one attached hydrogen (secondary N) is 1. The minimum Gasteiger partial charge on any atom is -0.305 e. The average Bonchev–Trinajstić information content (AvgIpc) is 2.33. The summed E-state index contributed by atoms with van der Waals surface area (Å²) in [6, 6.07) is 11.4. The van der Waals surface area contributed by atoms with Crippen LogP contribution >= 0.6 is 0 Å². The van der Waals surface area contributed by atoms with Gasteiger partial charge in [-0.3, -0.25) is 4.90 Å². The summed E-state index contributed by atoms with van der Waals surface area (Å²) in [6.07, 6.45) is 0. The molecule has 100 valence electrons. The Labute approximate surface area is 111 Å². The number of piperazine rings is 1. The van der Waals surface area contributed by atoms with Gasteiger partial charge in [-0.2, -0.15) is 0 Å². The molecule has 18 heavy (non-hydrogen) atoms. The maximum Gasteiger partial charge on any atom is 0.0535 e. The van der Waals surface area contributed by atoms with Crippen LogP contribution in [0.25, 0.3) is 0 Å². The zero-order valence-electron chi connectivity index (χ0n) is 12.3. The first-order chi connectivity index (χ1) is 8.35. The molecule has 1 atom stereocenters. The summed E-state index contributed by atoms with van der Waals surface area (Å²) >= 11 is 0. The van der Waals surface area contributed by atoms with Crippen LogP contribution in [0.1, 0.15) is 40.2 Å². The van der Waals surface area contributed by atoms with Crippen molar-refractivity contribution in [2.45, 2.75) is 51.7 Å². The van der Waals surface area contributed by atoms with Crippen LogP contribution in [0.5, 0.6) is 0 Å². The molecule has 0 amide bonds. The highest BCUT2D eigenvalue weighted by Gasteiger charge is 2.41. The third-order valence-corrected chi connectivity index (χ3v) is 4.21. The third-order valence-electron chi connectivity index (χ3n) is 4.21. The zero-order chi connectivity index (χ0) is 13.4. The van der Waals surface area contributed by atoms with Gasteiger partial charge in [-0.1, -0.05) is 30.3 Å². The lowest BCUT2D eigenvalue weighted by atomic mass is 9.84. The fourth-order valence-electron chi connectivity index (χ4n) is 3.00. The van der Waals surface area contributed by atoms with Crippen LogP contribution in [-0.2, 0) is 5.54 Å². The van der Waals surface area contributed by atoms with Gasteiger partial charge in [-0.15, -0.1) is 0 Å². The SMILES string of the molecule is CC(C)N1CC(C)(c2ccccc2)NCC1(C)C. The molecule has 1 aliphatic heterocycles. The van der Waals surface area contributed by atoms with E-state index < -0.39 is 0 Å². The van der Waals surface area contributed by atoms with Crippen LogP contribution < -0.4 is 5.32 Å². The van der Waals surface area contributed by atoms with Gasteiger partial charge in [-0.05, 0) is 40.2 Å². The molecule has 1 N–H and O–H groups in total. The summed E-state index contributed by atoms with van der Waals surface area (Å²) in [5.74, 6) is 0. The first kappa shape index (κ1) is 13.6. The first-order valence-corrected chi connectivity index (χ1v) is 6.92. The molecule has 0 saturated carbocycles. The van der Waals surface area contributed by atoms with Crippen LogP contribution in [0.15, 0.2) is 30.3 Å². The summed E-state index contributed by atoms with van der Waals surface area (Å²) in [4.78, 5) is 2.61. The Bertz CT molecular complexity index is 397. The Hall–Kier alpha value is -0.860. The molecule has 0 aromatic heterocycles. The largest absolute Gasteiger partial charge is 0.305 e. The summed E-state index contributed by atoms with van der Waals surface area (Å²) in [5, 5.41) is 3.75. The van der Waals surface area contributed by atoms with E-state index in [1.807, 2.05) is 0 Å². The van der Waals surface area contributed by atoms with Crippen molar-refractivity contribution in [3.8, 4) is 0 Å². The van der Waals surface area contributed by atoms with E-state index in [4.69, 9.17) is 0 Å². The van der Waals surface area contributed by atoms with Gasteiger partial charge in [0.15, 0.2) is 0 Å². The summed E-state index contributed by atoms with van der Waals surface area (Å²) in [6.45, 7) is 13.6.